The summed E-state index contributed by atoms with van der Waals surface area (Å²) in [5, 5.41) is 1.33. The molecule has 5 rings (SSSR count). The maximum absolute atomic E-state index is 12.8. The summed E-state index contributed by atoms with van der Waals surface area (Å²) >= 11 is 8.70. The topological polar surface area (TPSA) is 78.7 Å². The highest BCUT2D eigenvalue weighted by atomic mass is 127. The molecule has 1 aliphatic carbocycles. The summed E-state index contributed by atoms with van der Waals surface area (Å²) in [5.74, 6) is -0.0843. The van der Waals surface area contributed by atoms with Crippen LogP contribution in [0.4, 0.5) is 4.79 Å². The predicted molar refractivity (Wildman–Crippen MR) is 137 cm³/mol. The molecule has 2 aromatic rings. The molecule has 1 saturated carbocycles. The third-order valence-electron chi connectivity index (χ3n) is 7.07. The largest absolute Gasteiger partial charge is 0.444 e. The number of carbonyl (C=O) groups excluding carboxylic acids is 1. The molecule has 3 aliphatic rings. The van der Waals surface area contributed by atoms with Crippen LogP contribution >= 0.6 is 34.2 Å². The maximum atomic E-state index is 12.8. The lowest BCUT2D eigenvalue weighted by Crippen LogP contribution is -2.46. The van der Waals surface area contributed by atoms with Gasteiger partial charge >= 0.3 is 6.09 Å². The lowest BCUT2D eigenvalue weighted by molar-refractivity contribution is -0.163. The van der Waals surface area contributed by atoms with Crippen LogP contribution in [0.2, 0.25) is 5.15 Å². The molecule has 186 valence electrons. The van der Waals surface area contributed by atoms with Crippen molar-refractivity contribution in [3.05, 3.63) is 21.2 Å². The van der Waals surface area contributed by atoms with Crippen molar-refractivity contribution in [2.75, 3.05) is 13.1 Å². The fraction of sp³-hybridized carbons (Fsp3) is 0.708. The molecular weight excluding hydrogens is 571 g/mol. The number of hydrogen-bond acceptors (Lipinski definition) is 6. The Kier molecular flexibility index (Phi) is 6.30. The first-order valence-electron chi connectivity index (χ1n) is 11.9. The van der Waals surface area contributed by atoms with Gasteiger partial charge in [0.2, 0.25) is 0 Å². The Labute approximate surface area is 218 Å². The Bertz CT molecular complexity index is 1100. The highest BCUT2D eigenvalue weighted by Gasteiger charge is 2.57. The minimum Gasteiger partial charge on any atom is -0.444 e. The Morgan fingerprint density at radius 1 is 1.26 bits per heavy atom. The molecule has 2 unspecified atom stereocenters. The number of halogens is 2. The van der Waals surface area contributed by atoms with Gasteiger partial charge < -0.3 is 23.7 Å². The average Bonchev–Trinajstić information content (AvgIpc) is 3.35. The van der Waals surface area contributed by atoms with Crippen molar-refractivity contribution < 1.29 is 19.0 Å². The van der Waals surface area contributed by atoms with Gasteiger partial charge in [0.1, 0.15) is 28.8 Å². The molecule has 3 fully saturated rings. The van der Waals surface area contributed by atoms with Gasteiger partial charge in [0.15, 0.2) is 5.79 Å². The second kappa shape index (κ2) is 8.74. The van der Waals surface area contributed by atoms with Crippen molar-refractivity contribution in [1.29, 1.82) is 0 Å². The minimum atomic E-state index is -0.658. The Balaban J connectivity index is 1.44. The number of carbonyl (C=O) groups is 1. The molecule has 2 saturated heterocycles. The quantitative estimate of drug-likeness (QED) is 0.338. The molecule has 0 spiro atoms. The van der Waals surface area contributed by atoms with E-state index >= 15 is 0 Å². The molecule has 34 heavy (non-hydrogen) atoms. The van der Waals surface area contributed by atoms with E-state index in [-0.39, 0.29) is 30.3 Å². The average molecular weight is 603 g/mol. The number of hydrogen-bond donors (Lipinski definition) is 0. The van der Waals surface area contributed by atoms with E-state index < -0.39 is 11.4 Å². The summed E-state index contributed by atoms with van der Waals surface area (Å²) in [7, 11) is 0. The minimum absolute atomic E-state index is 0.0454. The van der Waals surface area contributed by atoms with Gasteiger partial charge in [-0.15, -0.1) is 0 Å². The predicted octanol–water partition coefficient (Wildman–Crippen LogP) is 5.42. The van der Waals surface area contributed by atoms with Gasteiger partial charge in [0, 0.05) is 22.9 Å². The summed E-state index contributed by atoms with van der Waals surface area (Å²) in [6.07, 6.45) is 6.13. The highest BCUT2D eigenvalue weighted by molar-refractivity contribution is 14.1. The second-order valence-electron chi connectivity index (χ2n) is 11.1. The van der Waals surface area contributed by atoms with Crippen LogP contribution in [0.1, 0.15) is 59.9 Å². The van der Waals surface area contributed by atoms with E-state index in [1.54, 1.807) is 0 Å². The summed E-state index contributed by atoms with van der Waals surface area (Å²) in [6, 6.07) is 0.0608. The van der Waals surface area contributed by atoms with E-state index in [0.717, 1.165) is 40.4 Å². The monoisotopic (exact) mass is 602 g/mol. The SMILES string of the molecule is CC(C)(C)OC(=O)N1CCCC(C2C[C@@H](n3cc(I)c4c(Cl)ncnc43)[C@@H]3OC(C)(C)O[C@H]23)C1. The van der Waals surface area contributed by atoms with Crippen molar-refractivity contribution >= 4 is 51.3 Å². The molecule has 10 heteroatoms. The maximum Gasteiger partial charge on any atom is 0.410 e. The number of rotatable bonds is 2. The summed E-state index contributed by atoms with van der Waals surface area (Å²) in [4.78, 5) is 23.4. The van der Waals surface area contributed by atoms with E-state index in [2.05, 4.69) is 43.3 Å². The first-order chi connectivity index (χ1) is 15.9. The van der Waals surface area contributed by atoms with Gasteiger partial charge in [0.25, 0.3) is 0 Å². The summed E-state index contributed by atoms with van der Waals surface area (Å²) in [5.41, 5.74) is 0.316. The molecular formula is C24H32ClIN4O4. The summed E-state index contributed by atoms with van der Waals surface area (Å²) < 4.78 is 21.8. The highest BCUT2D eigenvalue weighted by Crippen LogP contribution is 2.51. The molecule has 1 amide bonds. The zero-order valence-corrected chi connectivity index (χ0v) is 23.2. The summed E-state index contributed by atoms with van der Waals surface area (Å²) in [6.45, 7) is 11.1. The van der Waals surface area contributed by atoms with Gasteiger partial charge in [-0.1, -0.05) is 11.6 Å². The van der Waals surface area contributed by atoms with Crippen LogP contribution in [0.25, 0.3) is 11.0 Å². The van der Waals surface area contributed by atoms with Crippen LogP contribution in [-0.4, -0.2) is 62.2 Å². The van der Waals surface area contributed by atoms with Crippen LogP contribution in [-0.2, 0) is 14.2 Å². The van der Waals surface area contributed by atoms with E-state index in [1.165, 1.54) is 6.33 Å². The van der Waals surface area contributed by atoms with Crippen molar-refractivity contribution in [1.82, 2.24) is 19.4 Å². The van der Waals surface area contributed by atoms with E-state index in [9.17, 15) is 4.79 Å². The molecule has 2 aliphatic heterocycles. The van der Waals surface area contributed by atoms with Crippen LogP contribution < -0.4 is 0 Å². The zero-order chi connectivity index (χ0) is 24.4. The first-order valence-corrected chi connectivity index (χ1v) is 13.4. The normalized spacial score (nSPS) is 31.1. The molecule has 0 N–H and O–H groups in total. The molecule has 0 bridgehead atoms. The fourth-order valence-corrected chi connectivity index (χ4v) is 7.02. The molecule has 0 aromatic carbocycles. The van der Waals surface area contributed by atoms with Gasteiger partial charge in [-0.3, -0.25) is 0 Å². The van der Waals surface area contributed by atoms with Gasteiger partial charge in [-0.2, -0.15) is 0 Å². The smallest absolute Gasteiger partial charge is 0.410 e. The Hall–Kier alpha value is -1.17. The van der Waals surface area contributed by atoms with E-state index in [1.807, 2.05) is 39.5 Å². The van der Waals surface area contributed by atoms with Gasteiger partial charge in [0.05, 0.1) is 17.5 Å². The number of ether oxygens (including phenoxy) is 3. The number of nitrogens with zero attached hydrogens (tertiary/aromatic N) is 4. The number of amides is 1. The van der Waals surface area contributed by atoms with Crippen molar-refractivity contribution in [3.63, 3.8) is 0 Å². The van der Waals surface area contributed by atoms with E-state index in [0.29, 0.717) is 17.6 Å². The molecule has 4 heterocycles. The fourth-order valence-electron chi connectivity index (χ4n) is 5.83. The number of likely N-dealkylation sites (tertiary alicyclic amines) is 1. The zero-order valence-electron chi connectivity index (χ0n) is 20.3. The molecule has 5 atom stereocenters. The van der Waals surface area contributed by atoms with Crippen molar-refractivity contribution in [3.8, 4) is 0 Å². The van der Waals surface area contributed by atoms with Crippen LogP contribution in [0.3, 0.4) is 0 Å². The number of fused-ring (bicyclic) bond motifs is 2. The van der Waals surface area contributed by atoms with Crippen LogP contribution in [0.5, 0.6) is 0 Å². The van der Waals surface area contributed by atoms with E-state index in [4.69, 9.17) is 25.8 Å². The van der Waals surface area contributed by atoms with Crippen LogP contribution in [0, 0.1) is 15.4 Å². The number of piperidine rings is 1. The Morgan fingerprint density at radius 2 is 2.00 bits per heavy atom. The van der Waals surface area contributed by atoms with Gasteiger partial charge in [-0.25, -0.2) is 14.8 Å². The molecule has 2 aromatic heterocycles. The standard InChI is InChI=1S/C24H32ClIN4O4/c1-23(2,3)34-22(31)29-8-6-7-13(10-29)14-9-16(19-18(14)32-24(4,5)33-19)30-11-15(26)17-20(25)27-12-28-21(17)30/h11-14,16,18-19H,6-10H2,1-5H3/t13?,14?,16-,18-,19+/m1/s1. The lowest BCUT2D eigenvalue weighted by Gasteiger charge is -2.38. The first kappa shape index (κ1) is 24.5. The van der Waals surface area contributed by atoms with Crippen LogP contribution in [0.15, 0.2) is 12.5 Å². The van der Waals surface area contributed by atoms with Crippen molar-refractivity contribution in [2.24, 2.45) is 11.8 Å². The Morgan fingerprint density at radius 3 is 2.74 bits per heavy atom. The second-order valence-corrected chi connectivity index (χ2v) is 12.6. The third kappa shape index (κ3) is 4.53. The van der Waals surface area contributed by atoms with Gasteiger partial charge in [-0.05, 0) is 88.3 Å². The molecule has 0 radical (unpaired) electrons. The van der Waals surface area contributed by atoms with Crippen molar-refractivity contribution in [2.45, 2.75) is 83.5 Å². The lowest BCUT2D eigenvalue weighted by atomic mass is 9.83. The number of aromatic nitrogens is 3. The third-order valence-corrected chi connectivity index (χ3v) is 8.17. The molecule has 8 nitrogen and oxygen atoms in total.